The average Bonchev–Trinajstić information content (AvgIpc) is 2.92. The van der Waals surface area contributed by atoms with Gasteiger partial charge in [-0.2, -0.15) is 0 Å². The Hall–Kier alpha value is -3.73. The molecule has 2 aromatic carbocycles. The zero-order valence-electron chi connectivity index (χ0n) is 21.9. The van der Waals surface area contributed by atoms with E-state index in [9.17, 15) is 9.59 Å². The Morgan fingerprint density at radius 1 is 1.03 bits per heavy atom. The minimum Gasteiger partial charge on any atom is -0.334 e. The Labute approximate surface area is 219 Å². The molecule has 0 bridgehead atoms. The molecule has 37 heavy (non-hydrogen) atoms. The molecule has 1 N–H and O–H groups in total. The summed E-state index contributed by atoms with van der Waals surface area (Å²) in [5, 5.41) is 4.13. The van der Waals surface area contributed by atoms with Crippen molar-refractivity contribution in [1.29, 1.82) is 0 Å². The molecule has 1 fully saturated rings. The fourth-order valence-corrected chi connectivity index (χ4v) is 5.65. The molecule has 3 aromatic rings. The number of pyridine rings is 1. The summed E-state index contributed by atoms with van der Waals surface area (Å²) in [6.07, 6.45) is 12.4. The van der Waals surface area contributed by atoms with Gasteiger partial charge >= 0.3 is 0 Å². The first-order valence-corrected chi connectivity index (χ1v) is 13.2. The number of anilines is 1. The quantitative estimate of drug-likeness (QED) is 0.450. The number of aromatic nitrogens is 1. The number of para-hydroxylation sites is 1. The second-order valence-corrected chi connectivity index (χ2v) is 11.2. The fourth-order valence-electron chi connectivity index (χ4n) is 5.65. The highest BCUT2D eigenvalue weighted by Gasteiger charge is 2.42. The van der Waals surface area contributed by atoms with Gasteiger partial charge in [-0.3, -0.25) is 14.6 Å². The molecule has 5 heteroatoms. The van der Waals surface area contributed by atoms with E-state index in [-0.39, 0.29) is 35.1 Å². The molecule has 0 radical (unpaired) electrons. The monoisotopic (exact) mass is 493 g/mol. The first kappa shape index (κ1) is 24.9. The zero-order chi connectivity index (χ0) is 26.0. The molecule has 3 atom stereocenters. The van der Waals surface area contributed by atoms with Crippen LogP contribution in [0.5, 0.6) is 0 Å². The maximum atomic E-state index is 14.1. The number of carbonyl (C=O) groups excluding carboxylic acids is 2. The van der Waals surface area contributed by atoms with Crippen LogP contribution in [0.4, 0.5) is 5.69 Å². The summed E-state index contributed by atoms with van der Waals surface area (Å²) < 4.78 is 0. The van der Waals surface area contributed by atoms with Gasteiger partial charge in [-0.15, -0.1) is 0 Å². The summed E-state index contributed by atoms with van der Waals surface area (Å²) in [7, 11) is 0. The number of amides is 2. The van der Waals surface area contributed by atoms with Gasteiger partial charge in [0.05, 0.1) is 23.0 Å². The summed E-state index contributed by atoms with van der Waals surface area (Å²) in [5.74, 6) is -0.300. The number of carbonyl (C=O) groups is 2. The molecular weight excluding hydrogens is 458 g/mol. The van der Waals surface area contributed by atoms with Crippen molar-refractivity contribution in [2.45, 2.75) is 51.5 Å². The predicted molar refractivity (Wildman–Crippen MR) is 149 cm³/mol. The van der Waals surface area contributed by atoms with Gasteiger partial charge in [0.1, 0.15) is 0 Å². The molecule has 2 heterocycles. The maximum Gasteiger partial charge on any atom is 0.256 e. The number of nitrogens with one attached hydrogen (secondary N) is 1. The molecule has 2 aliphatic rings. The van der Waals surface area contributed by atoms with E-state index in [2.05, 4.69) is 55.4 Å². The van der Waals surface area contributed by atoms with E-state index in [0.29, 0.717) is 17.6 Å². The highest BCUT2D eigenvalue weighted by Crippen LogP contribution is 2.35. The largest absolute Gasteiger partial charge is 0.334 e. The average molecular weight is 494 g/mol. The molecule has 5 rings (SSSR count). The van der Waals surface area contributed by atoms with Crippen molar-refractivity contribution in [3.05, 3.63) is 96.2 Å². The lowest BCUT2D eigenvalue weighted by Crippen LogP contribution is -2.55. The molecule has 190 valence electrons. The summed E-state index contributed by atoms with van der Waals surface area (Å²) in [5.41, 5.74) is 3.27. The molecule has 5 nitrogen and oxygen atoms in total. The normalized spacial score (nSPS) is 21.7. The van der Waals surface area contributed by atoms with Gasteiger partial charge < -0.3 is 10.2 Å². The zero-order valence-corrected chi connectivity index (χ0v) is 21.9. The van der Waals surface area contributed by atoms with Gasteiger partial charge in [0.15, 0.2) is 0 Å². The molecule has 2 amide bonds. The molecule has 1 aliphatic heterocycles. The molecular formula is C32H35N3O2. The number of rotatable bonds is 4. The maximum absolute atomic E-state index is 14.1. The molecule has 0 spiro atoms. The number of benzene rings is 2. The van der Waals surface area contributed by atoms with E-state index < -0.39 is 0 Å². The van der Waals surface area contributed by atoms with E-state index in [1.54, 1.807) is 6.20 Å². The molecule has 1 unspecified atom stereocenters. The van der Waals surface area contributed by atoms with Gasteiger partial charge in [-0.25, -0.2) is 0 Å². The van der Waals surface area contributed by atoms with Crippen molar-refractivity contribution in [2.75, 3.05) is 11.9 Å². The lowest BCUT2D eigenvalue weighted by atomic mass is 9.77. The van der Waals surface area contributed by atoms with Crippen molar-refractivity contribution in [3.8, 4) is 0 Å². The lowest BCUT2D eigenvalue weighted by Gasteiger charge is -2.44. The van der Waals surface area contributed by atoms with Crippen LogP contribution in [0.25, 0.3) is 10.9 Å². The first-order valence-electron chi connectivity index (χ1n) is 13.2. The first-order chi connectivity index (χ1) is 17.8. The minimum absolute atomic E-state index is 0.0109. The summed E-state index contributed by atoms with van der Waals surface area (Å²) >= 11 is 0. The van der Waals surface area contributed by atoms with E-state index >= 15 is 0 Å². The standard InChI is InChI=1S/C32H35N3O2/c1-32(2,3)24-15-8-16-25(21-24)34-30(36)27-18-10-20-35(29(27)23-11-5-4-6-12-23)31(37)26-17-7-13-22-14-9-19-33-28(22)26/h4-9,11,13-17,19,21,23,27,29H,10,12,18,20H2,1-3H3,(H,34,36)/t23?,27-,29-/m0/s1. The SMILES string of the molecule is CC(C)(C)c1cccc(NC(=O)[C@H]2CCCN(C(=O)c3cccc4cccnc34)[C@H]2C2C=CC=CC2)c1. The van der Waals surface area contributed by atoms with Gasteiger partial charge in [0, 0.05) is 29.7 Å². The Morgan fingerprint density at radius 2 is 1.84 bits per heavy atom. The predicted octanol–water partition coefficient (Wildman–Crippen LogP) is 6.52. The molecule has 1 aliphatic carbocycles. The number of allylic oxidation sites excluding steroid dienone is 3. The molecule has 1 saturated heterocycles. The smallest absolute Gasteiger partial charge is 0.256 e. The van der Waals surface area contributed by atoms with Crippen LogP contribution in [0.1, 0.15) is 56.0 Å². The summed E-state index contributed by atoms with van der Waals surface area (Å²) in [6.45, 7) is 7.13. The number of nitrogens with zero attached hydrogens (tertiary/aromatic N) is 2. The lowest BCUT2D eigenvalue weighted by molar-refractivity contribution is -0.123. The summed E-state index contributed by atoms with van der Waals surface area (Å²) in [6, 6.07) is 17.5. The van der Waals surface area contributed by atoms with Gasteiger partial charge in [-0.1, -0.05) is 75.4 Å². The minimum atomic E-state index is -0.305. The van der Waals surface area contributed by atoms with Gasteiger partial charge in [0.2, 0.25) is 5.91 Å². The third kappa shape index (κ3) is 5.22. The Bertz CT molecular complexity index is 1360. The number of likely N-dealkylation sites (tertiary alicyclic amines) is 1. The van der Waals surface area contributed by atoms with E-state index in [4.69, 9.17) is 0 Å². The highest BCUT2D eigenvalue weighted by molar-refractivity contribution is 6.06. The number of piperidine rings is 1. The Balaban J connectivity index is 1.47. The number of hydrogen-bond donors (Lipinski definition) is 1. The third-order valence-electron chi connectivity index (χ3n) is 7.60. The number of hydrogen-bond acceptors (Lipinski definition) is 3. The highest BCUT2D eigenvalue weighted by atomic mass is 16.2. The van der Waals surface area contributed by atoms with Crippen LogP contribution in [0.2, 0.25) is 0 Å². The molecule has 0 saturated carbocycles. The topological polar surface area (TPSA) is 62.3 Å². The van der Waals surface area contributed by atoms with Crippen LogP contribution >= 0.6 is 0 Å². The Kier molecular flexibility index (Phi) is 6.96. The van der Waals surface area contributed by atoms with Crippen molar-refractivity contribution in [1.82, 2.24) is 9.88 Å². The van der Waals surface area contributed by atoms with Crippen LogP contribution in [-0.2, 0) is 10.2 Å². The number of fused-ring (bicyclic) bond motifs is 1. The second kappa shape index (κ2) is 10.3. The van der Waals surface area contributed by atoms with E-state index in [1.165, 1.54) is 5.56 Å². The van der Waals surface area contributed by atoms with Crippen molar-refractivity contribution in [2.24, 2.45) is 11.8 Å². The fraction of sp³-hybridized carbons (Fsp3) is 0.344. The summed E-state index contributed by atoms with van der Waals surface area (Å²) in [4.78, 5) is 34.3. The van der Waals surface area contributed by atoms with Crippen LogP contribution < -0.4 is 5.32 Å². The van der Waals surface area contributed by atoms with Crippen molar-refractivity contribution >= 4 is 28.4 Å². The van der Waals surface area contributed by atoms with Crippen LogP contribution in [-0.4, -0.2) is 34.3 Å². The second-order valence-electron chi connectivity index (χ2n) is 11.2. The van der Waals surface area contributed by atoms with Gasteiger partial charge in [0.25, 0.3) is 5.91 Å². The van der Waals surface area contributed by atoms with E-state index in [0.717, 1.165) is 30.3 Å². The van der Waals surface area contributed by atoms with Crippen LogP contribution in [0, 0.1) is 11.8 Å². The third-order valence-corrected chi connectivity index (χ3v) is 7.60. The van der Waals surface area contributed by atoms with Crippen molar-refractivity contribution < 1.29 is 9.59 Å². The molecule has 1 aromatic heterocycles. The van der Waals surface area contributed by atoms with Crippen LogP contribution in [0.15, 0.2) is 85.1 Å². The van der Waals surface area contributed by atoms with Gasteiger partial charge in [-0.05, 0) is 54.5 Å². The van der Waals surface area contributed by atoms with E-state index in [1.807, 2.05) is 59.5 Å². The van der Waals surface area contributed by atoms with Crippen molar-refractivity contribution in [3.63, 3.8) is 0 Å². The van der Waals surface area contributed by atoms with Crippen LogP contribution in [0.3, 0.4) is 0 Å². The Morgan fingerprint density at radius 3 is 2.62 bits per heavy atom.